The maximum Gasteiger partial charge on any atom is 0.320 e. The molecule has 0 amide bonds. The molecule has 0 saturated heterocycles. The first kappa shape index (κ1) is 16.1. The number of fused-ring (bicyclic) bond motifs is 2. The number of ether oxygens (including phenoxy) is 1. The first-order chi connectivity index (χ1) is 9.40. The maximum absolute atomic E-state index is 12.4. The summed E-state index contributed by atoms with van der Waals surface area (Å²) in [5.41, 5.74) is -3.33. The summed E-state index contributed by atoms with van der Waals surface area (Å²) in [4.78, 5) is 36.8. The van der Waals surface area contributed by atoms with Gasteiger partial charge in [0.15, 0.2) is 0 Å². The standard InChI is InChI=1S/C13H18O7S/c1-11(2)12(3)4-5-13(11,9(15)8(12)14)10(16)20-6-7-21(17,18)19/h4-7H2,1-3H3,(H,17,18,19). The molecule has 118 valence electrons. The van der Waals surface area contributed by atoms with Crippen LogP contribution in [0.2, 0.25) is 0 Å². The summed E-state index contributed by atoms with van der Waals surface area (Å²) in [6, 6.07) is 0. The number of esters is 1. The van der Waals surface area contributed by atoms with Crippen molar-refractivity contribution in [2.24, 2.45) is 16.2 Å². The van der Waals surface area contributed by atoms with Crippen molar-refractivity contribution >= 4 is 27.7 Å². The summed E-state index contributed by atoms with van der Waals surface area (Å²) in [7, 11) is -4.25. The average molecular weight is 318 g/mol. The lowest BCUT2D eigenvalue weighted by molar-refractivity contribution is -0.165. The highest BCUT2D eigenvalue weighted by Gasteiger charge is 2.78. The number of Topliss-reactive ketones (excluding diaryl/α,β-unsaturated/α-hetero) is 2. The molecule has 2 unspecified atom stereocenters. The van der Waals surface area contributed by atoms with Gasteiger partial charge >= 0.3 is 5.97 Å². The molecule has 2 aliphatic rings. The molecular weight excluding hydrogens is 300 g/mol. The number of hydrogen-bond acceptors (Lipinski definition) is 6. The Hall–Kier alpha value is -1.28. The van der Waals surface area contributed by atoms with E-state index in [4.69, 9.17) is 9.29 Å². The van der Waals surface area contributed by atoms with Crippen LogP contribution in [0.4, 0.5) is 0 Å². The zero-order chi connectivity index (χ0) is 16.3. The van der Waals surface area contributed by atoms with Crippen molar-refractivity contribution in [3.8, 4) is 0 Å². The Labute approximate surface area is 122 Å². The minimum atomic E-state index is -4.25. The lowest BCUT2D eigenvalue weighted by Gasteiger charge is -2.36. The number of carbonyl (C=O) groups excluding carboxylic acids is 3. The summed E-state index contributed by atoms with van der Waals surface area (Å²) in [6.45, 7) is 4.50. The molecule has 7 nitrogen and oxygen atoms in total. The maximum atomic E-state index is 12.4. The number of rotatable bonds is 4. The second-order valence-electron chi connectivity index (χ2n) is 6.44. The minimum Gasteiger partial charge on any atom is -0.464 e. The van der Waals surface area contributed by atoms with Crippen molar-refractivity contribution in [1.29, 1.82) is 0 Å². The van der Waals surface area contributed by atoms with E-state index >= 15 is 0 Å². The molecule has 1 N–H and O–H groups in total. The molecule has 2 rings (SSSR count). The van der Waals surface area contributed by atoms with Gasteiger partial charge in [-0.1, -0.05) is 20.8 Å². The third-order valence-electron chi connectivity index (χ3n) is 5.46. The summed E-state index contributed by atoms with van der Waals surface area (Å²) in [5.74, 6) is -2.94. The fourth-order valence-electron chi connectivity index (χ4n) is 3.59. The molecule has 2 aliphatic carbocycles. The smallest absolute Gasteiger partial charge is 0.320 e. The van der Waals surface area contributed by atoms with Crippen molar-refractivity contribution < 1.29 is 32.1 Å². The second kappa shape index (κ2) is 4.36. The molecule has 0 aromatic rings. The van der Waals surface area contributed by atoms with Crippen molar-refractivity contribution in [1.82, 2.24) is 0 Å². The van der Waals surface area contributed by atoms with Gasteiger partial charge in [-0.3, -0.25) is 18.9 Å². The minimum absolute atomic E-state index is 0.214. The fourth-order valence-corrected chi connectivity index (χ4v) is 3.88. The van der Waals surface area contributed by atoms with Crippen molar-refractivity contribution in [2.75, 3.05) is 12.4 Å². The van der Waals surface area contributed by atoms with E-state index in [1.165, 1.54) is 0 Å². The molecule has 2 saturated carbocycles. The van der Waals surface area contributed by atoms with Crippen LogP contribution in [-0.4, -0.2) is 42.9 Å². The van der Waals surface area contributed by atoms with Gasteiger partial charge in [0.25, 0.3) is 10.1 Å². The van der Waals surface area contributed by atoms with Gasteiger partial charge in [-0.15, -0.1) is 0 Å². The third kappa shape index (κ3) is 1.88. The van der Waals surface area contributed by atoms with Crippen molar-refractivity contribution in [3.63, 3.8) is 0 Å². The Morgan fingerprint density at radius 1 is 1.19 bits per heavy atom. The predicted octanol–water partition coefficient (Wildman–Crippen LogP) is 0.382. The highest BCUT2D eigenvalue weighted by molar-refractivity contribution is 7.85. The molecule has 0 aromatic carbocycles. The molecule has 2 atom stereocenters. The molecule has 0 aliphatic heterocycles. The van der Waals surface area contributed by atoms with Crippen LogP contribution in [0.25, 0.3) is 0 Å². The van der Waals surface area contributed by atoms with Crippen LogP contribution in [0.3, 0.4) is 0 Å². The zero-order valence-electron chi connectivity index (χ0n) is 12.1. The molecule has 2 fully saturated rings. The number of hydrogen-bond donors (Lipinski definition) is 1. The van der Waals surface area contributed by atoms with Crippen LogP contribution in [0.15, 0.2) is 0 Å². The first-order valence-corrected chi connectivity index (χ1v) is 8.23. The van der Waals surface area contributed by atoms with Gasteiger partial charge in [-0.05, 0) is 12.8 Å². The highest BCUT2D eigenvalue weighted by atomic mass is 32.2. The molecule has 2 bridgehead atoms. The Kier molecular flexibility index (Phi) is 3.34. The average Bonchev–Trinajstić information content (AvgIpc) is 2.60. The van der Waals surface area contributed by atoms with E-state index in [1.54, 1.807) is 20.8 Å². The van der Waals surface area contributed by atoms with E-state index in [-0.39, 0.29) is 6.42 Å². The number of ketones is 2. The van der Waals surface area contributed by atoms with Gasteiger partial charge < -0.3 is 4.74 Å². The van der Waals surface area contributed by atoms with E-state index in [0.717, 1.165) is 0 Å². The Morgan fingerprint density at radius 2 is 1.76 bits per heavy atom. The Balaban J connectivity index is 2.28. The van der Waals surface area contributed by atoms with E-state index < -0.39 is 56.3 Å². The van der Waals surface area contributed by atoms with E-state index in [9.17, 15) is 22.8 Å². The number of carbonyl (C=O) groups is 3. The SMILES string of the molecule is CC12CCC(C(=O)OCCS(=O)(=O)O)(C(=O)C1=O)C2(C)C. The summed E-state index contributed by atoms with van der Waals surface area (Å²) in [6.07, 6.45) is 0.629. The van der Waals surface area contributed by atoms with Crippen LogP contribution < -0.4 is 0 Å². The van der Waals surface area contributed by atoms with Crippen molar-refractivity contribution in [2.45, 2.75) is 33.6 Å². The lowest BCUT2D eigenvalue weighted by Crippen LogP contribution is -2.46. The molecular formula is C13H18O7S. The monoisotopic (exact) mass is 318 g/mol. The lowest BCUT2D eigenvalue weighted by atomic mass is 9.65. The van der Waals surface area contributed by atoms with E-state index in [0.29, 0.717) is 6.42 Å². The van der Waals surface area contributed by atoms with Gasteiger partial charge in [0.05, 0.1) is 0 Å². The zero-order valence-corrected chi connectivity index (χ0v) is 12.9. The summed E-state index contributed by atoms with van der Waals surface area (Å²) in [5, 5.41) is 0. The second-order valence-corrected chi connectivity index (χ2v) is 8.01. The van der Waals surface area contributed by atoms with Crippen LogP contribution >= 0.6 is 0 Å². The topological polar surface area (TPSA) is 115 Å². The Morgan fingerprint density at radius 3 is 2.19 bits per heavy atom. The quantitative estimate of drug-likeness (QED) is 0.345. The van der Waals surface area contributed by atoms with Crippen LogP contribution in [0.5, 0.6) is 0 Å². The molecule has 8 heteroatoms. The first-order valence-electron chi connectivity index (χ1n) is 6.62. The van der Waals surface area contributed by atoms with Crippen molar-refractivity contribution in [3.05, 3.63) is 0 Å². The normalized spacial score (nSPS) is 34.3. The summed E-state index contributed by atoms with van der Waals surface area (Å²) >= 11 is 0. The Bertz CT molecular complexity index is 633. The summed E-state index contributed by atoms with van der Waals surface area (Å²) < 4.78 is 34.8. The van der Waals surface area contributed by atoms with Gasteiger partial charge in [0.2, 0.25) is 11.6 Å². The van der Waals surface area contributed by atoms with Gasteiger partial charge in [-0.25, -0.2) is 0 Å². The molecule has 0 heterocycles. The predicted molar refractivity (Wildman–Crippen MR) is 70.9 cm³/mol. The molecule has 21 heavy (non-hydrogen) atoms. The van der Waals surface area contributed by atoms with Crippen LogP contribution in [0, 0.1) is 16.2 Å². The largest absolute Gasteiger partial charge is 0.464 e. The van der Waals surface area contributed by atoms with E-state index in [1.807, 2.05) is 0 Å². The molecule has 0 radical (unpaired) electrons. The van der Waals surface area contributed by atoms with Gasteiger partial charge in [-0.2, -0.15) is 8.42 Å². The van der Waals surface area contributed by atoms with Gasteiger partial charge in [0.1, 0.15) is 17.8 Å². The fraction of sp³-hybridized carbons (Fsp3) is 0.769. The van der Waals surface area contributed by atoms with Crippen LogP contribution in [-0.2, 0) is 29.2 Å². The van der Waals surface area contributed by atoms with Gasteiger partial charge in [0, 0.05) is 10.8 Å². The third-order valence-corrected chi connectivity index (χ3v) is 6.15. The molecule has 0 spiro atoms. The highest BCUT2D eigenvalue weighted by Crippen LogP contribution is 2.69. The van der Waals surface area contributed by atoms with Crippen LogP contribution in [0.1, 0.15) is 33.6 Å². The molecule has 0 aromatic heterocycles. The van der Waals surface area contributed by atoms with E-state index in [2.05, 4.69) is 0 Å².